The maximum absolute atomic E-state index is 4.33. The van der Waals surface area contributed by atoms with E-state index in [1.165, 1.54) is 11.3 Å². The van der Waals surface area contributed by atoms with Crippen LogP contribution in [0.15, 0.2) is 28.7 Å². The van der Waals surface area contributed by atoms with E-state index in [2.05, 4.69) is 57.5 Å². The molecule has 0 amide bonds. The summed E-state index contributed by atoms with van der Waals surface area (Å²) >= 11 is 3.50. The number of hydrogen-bond donors (Lipinski definition) is 1. The third-order valence-electron chi connectivity index (χ3n) is 2.61. The van der Waals surface area contributed by atoms with Crippen LogP contribution in [0.2, 0.25) is 0 Å². The molecule has 3 nitrogen and oxygen atoms in total. The van der Waals surface area contributed by atoms with Crippen LogP contribution < -0.4 is 5.32 Å². The van der Waals surface area contributed by atoms with Crippen LogP contribution in [0.5, 0.6) is 0 Å². The third-order valence-corrected chi connectivity index (χ3v) is 3.07. The van der Waals surface area contributed by atoms with Crippen molar-refractivity contribution in [1.82, 2.24) is 9.78 Å². The van der Waals surface area contributed by atoms with Crippen molar-refractivity contribution < 1.29 is 0 Å². The second-order valence-corrected chi connectivity index (χ2v) is 5.19. The van der Waals surface area contributed by atoms with Crippen molar-refractivity contribution in [2.45, 2.75) is 20.4 Å². The van der Waals surface area contributed by atoms with Gasteiger partial charge in [-0.25, -0.2) is 0 Å². The Kier molecular flexibility index (Phi) is 3.52. The molecule has 2 aromatic rings. The Morgan fingerprint density at radius 2 is 2.00 bits per heavy atom. The molecule has 0 aliphatic rings. The van der Waals surface area contributed by atoms with E-state index < -0.39 is 0 Å². The molecule has 0 saturated carbocycles. The Balaban J connectivity index is 2.09. The first-order valence-corrected chi connectivity index (χ1v) is 6.34. The second kappa shape index (κ2) is 4.92. The molecule has 0 radical (unpaired) electrons. The van der Waals surface area contributed by atoms with Crippen molar-refractivity contribution in [3.8, 4) is 0 Å². The van der Waals surface area contributed by atoms with Gasteiger partial charge in [0.25, 0.3) is 0 Å². The average molecular weight is 294 g/mol. The molecular formula is C13H16BrN3. The summed E-state index contributed by atoms with van der Waals surface area (Å²) in [5.74, 6) is 0. The predicted molar refractivity (Wildman–Crippen MR) is 74.2 cm³/mol. The molecule has 1 aromatic carbocycles. The van der Waals surface area contributed by atoms with E-state index in [1.54, 1.807) is 0 Å². The van der Waals surface area contributed by atoms with Crippen LogP contribution in [0.3, 0.4) is 0 Å². The molecular weight excluding hydrogens is 278 g/mol. The highest BCUT2D eigenvalue weighted by molar-refractivity contribution is 9.10. The molecule has 2 rings (SSSR count). The van der Waals surface area contributed by atoms with E-state index in [4.69, 9.17) is 0 Å². The van der Waals surface area contributed by atoms with Crippen molar-refractivity contribution in [2.24, 2.45) is 7.05 Å². The topological polar surface area (TPSA) is 29.9 Å². The summed E-state index contributed by atoms with van der Waals surface area (Å²) in [6.45, 7) is 4.88. The molecule has 0 atom stereocenters. The van der Waals surface area contributed by atoms with Gasteiger partial charge in [0, 0.05) is 17.2 Å². The van der Waals surface area contributed by atoms with Crippen LogP contribution in [0.4, 0.5) is 5.69 Å². The number of halogens is 1. The van der Waals surface area contributed by atoms with Gasteiger partial charge < -0.3 is 5.32 Å². The van der Waals surface area contributed by atoms with Crippen molar-refractivity contribution in [3.63, 3.8) is 0 Å². The van der Waals surface area contributed by atoms with Crippen molar-refractivity contribution in [1.29, 1.82) is 0 Å². The molecule has 4 heteroatoms. The lowest BCUT2D eigenvalue weighted by Crippen LogP contribution is -2.05. The van der Waals surface area contributed by atoms with Crippen molar-refractivity contribution in [2.75, 3.05) is 5.32 Å². The van der Waals surface area contributed by atoms with Gasteiger partial charge in [0.2, 0.25) is 0 Å². The summed E-state index contributed by atoms with van der Waals surface area (Å²) < 4.78 is 3.01. The monoisotopic (exact) mass is 293 g/mol. The number of aryl methyl sites for hydroxylation is 3. The van der Waals surface area contributed by atoms with Crippen LogP contribution in [0, 0.1) is 13.8 Å². The van der Waals surface area contributed by atoms with Crippen molar-refractivity contribution in [3.05, 3.63) is 45.7 Å². The van der Waals surface area contributed by atoms with E-state index in [-0.39, 0.29) is 0 Å². The third kappa shape index (κ3) is 3.09. The maximum atomic E-state index is 4.33. The molecule has 17 heavy (non-hydrogen) atoms. The molecule has 0 fully saturated rings. The largest absolute Gasteiger partial charge is 0.379 e. The van der Waals surface area contributed by atoms with Crippen LogP contribution >= 0.6 is 15.9 Å². The Labute approximate surface area is 110 Å². The summed E-state index contributed by atoms with van der Waals surface area (Å²) in [7, 11) is 1.97. The molecule has 1 N–H and O–H groups in total. The van der Waals surface area contributed by atoms with Gasteiger partial charge in [-0.2, -0.15) is 5.10 Å². The lowest BCUT2D eigenvalue weighted by molar-refractivity contribution is 0.713. The first-order valence-electron chi connectivity index (χ1n) is 5.55. The summed E-state index contributed by atoms with van der Waals surface area (Å²) in [5, 5.41) is 7.73. The van der Waals surface area contributed by atoms with Crippen molar-refractivity contribution >= 4 is 21.6 Å². The molecule has 0 saturated heterocycles. The lowest BCUT2D eigenvalue weighted by Gasteiger charge is -2.08. The molecule has 90 valence electrons. The van der Waals surface area contributed by atoms with Gasteiger partial charge in [-0.05, 0) is 43.7 Å². The molecule has 1 aromatic heterocycles. The van der Waals surface area contributed by atoms with Gasteiger partial charge in [0.1, 0.15) is 0 Å². The fourth-order valence-corrected chi connectivity index (χ4v) is 2.47. The highest BCUT2D eigenvalue weighted by atomic mass is 79.9. The summed E-state index contributed by atoms with van der Waals surface area (Å²) in [4.78, 5) is 0. The molecule has 0 bridgehead atoms. The lowest BCUT2D eigenvalue weighted by atomic mass is 10.2. The number of hydrogen-bond acceptors (Lipinski definition) is 2. The number of benzene rings is 1. The minimum atomic E-state index is 0.785. The summed E-state index contributed by atoms with van der Waals surface area (Å²) in [5.41, 5.74) is 4.59. The van der Waals surface area contributed by atoms with Gasteiger partial charge in [-0.1, -0.05) is 15.9 Å². The zero-order valence-electron chi connectivity index (χ0n) is 10.3. The normalized spacial score (nSPS) is 10.6. The molecule has 0 aliphatic heterocycles. The maximum Gasteiger partial charge on any atom is 0.0597 e. The van der Waals surface area contributed by atoms with E-state index in [0.29, 0.717) is 0 Å². The Bertz CT molecular complexity index is 511. The first-order chi connectivity index (χ1) is 8.04. The first kappa shape index (κ1) is 12.2. The summed E-state index contributed by atoms with van der Waals surface area (Å²) in [6.07, 6.45) is 0. The molecule has 1 heterocycles. The summed E-state index contributed by atoms with van der Waals surface area (Å²) in [6, 6.07) is 8.40. The zero-order valence-corrected chi connectivity index (χ0v) is 11.9. The SMILES string of the molecule is Cc1cc(Br)cc(NCc2cc(C)nn2C)c1. The van der Waals surface area contributed by atoms with Gasteiger partial charge >= 0.3 is 0 Å². The molecule has 0 unspecified atom stereocenters. The Morgan fingerprint density at radius 1 is 1.24 bits per heavy atom. The number of anilines is 1. The highest BCUT2D eigenvalue weighted by Crippen LogP contribution is 2.19. The van der Waals surface area contributed by atoms with E-state index in [1.807, 2.05) is 18.7 Å². The quantitative estimate of drug-likeness (QED) is 0.940. The Morgan fingerprint density at radius 3 is 2.59 bits per heavy atom. The number of nitrogens with one attached hydrogen (secondary N) is 1. The average Bonchev–Trinajstić information content (AvgIpc) is 2.53. The standard InChI is InChI=1S/C13H16BrN3/c1-9-4-11(14)7-12(5-9)15-8-13-6-10(2)16-17(13)3/h4-7,15H,8H2,1-3H3. The van der Waals surface area contributed by atoms with Gasteiger partial charge in [0.15, 0.2) is 0 Å². The smallest absolute Gasteiger partial charge is 0.0597 e. The van der Waals surface area contributed by atoms with Crippen LogP contribution in [-0.2, 0) is 13.6 Å². The predicted octanol–water partition coefficient (Wildman–Crippen LogP) is 3.41. The second-order valence-electron chi connectivity index (χ2n) is 4.27. The molecule has 0 spiro atoms. The van der Waals surface area contributed by atoms with E-state index >= 15 is 0 Å². The fraction of sp³-hybridized carbons (Fsp3) is 0.308. The number of rotatable bonds is 3. The van der Waals surface area contributed by atoms with Crippen LogP contribution in [-0.4, -0.2) is 9.78 Å². The number of nitrogens with zero attached hydrogens (tertiary/aromatic N) is 2. The van der Waals surface area contributed by atoms with E-state index in [9.17, 15) is 0 Å². The van der Waals surface area contributed by atoms with Gasteiger partial charge in [-0.3, -0.25) is 4.68 Å². The minimum Gasteiger partial charge on any atom is -0.379 e. The minimum absolute atomic E-state index is 0.785. The zero-order chi connectivity index (χ0) is 12.4. The van der Waals surface area contributed by atoms with Gasteiger partial charge in [0.05, 0.1) is 17.9 Å². The van der Waals surface area contributed by atoms with Crippen LogP contribution in [0.1, 0.15) is 17.0 Å². The van der Waals surface area contributed by atoms with E-state index in [0.717, 1.165) is 22.4 Å². The highest BCUT2D eigenvalue weighted by Gasteiger charge is 2.02. The fourth-order valence-electron chi connectivity index (χ4n) is 1.86. The van der Waals surface area contributed by atoms with Gasteiger partial charge in [-0.15, -0.1) is 0 Å². The molecule has 0 aliphatic carbocycles. The van der Waals surface area contributed by atoms with Crippen LogP contribution in [0.25, 0.3) is 0 Å². The number of aromatic nitrogens is 2. The Hall–Kier alpha value is -1.29.